The second-order valence-electron chi connectivity index (χ2n) is 7.26. The highest BCUT2D eigenvalue weighted by Crippen LogP contribution is 2.26. The molecule has 2 heterocycles. The monoisotopic (exact) mass is 354 g/mol. The van der Waals surface area contributed by atoms with Crippen LogP contribution in [0.3, 0.4) is 0 Å². The molecular formula is C17H34N6S. The van der Waals surface area contributed by atoms with Crippen LogP contribution in [-0.4, -0.2) is 60.5 Å². The molecular weight excluding hydrogens is 320 g/mol. The van der Waals surface area contributed by atoms with Gasteiger partial charge in [0.2, 0.25) is 0 Å². The first-order valence-electron chi connectivity index (χ1n) is 9.38. The molecule has 2 fully saturated rings. The number of nitrogens with zero attached hydrogens (tertiary/aromatic N) is 3. The highest BCUT2D eigenvalue weighted by atomic mass is 32.1. The maximum Gasteiger partial charge on any atom is 0.191 e. The van der Waals surface area contributed by atoms with E-state index in [4.69, 9.17) is 11.1 Å². The lowest BCUT2D eigenvalue weighted by Crippen LogP contribution is -2.39. The Labute approximate surface area is 153 Å². The van der Waals surface area contributed by atoms with Crippen molar-refractivity contribution in [3.8, 4) is 0 Å². The molecule has 3 aliphatic rings. The molecule has 0 aromatic rings. The molecule has 0 aromatic heterocycles. The van der Waals surface area contributed by atoms with Gasteiger partial charge in [-0.2, -0.15) is 13.5 Å². The number of guanidine groups is 2. The van der Waals surface area contributed by atoms with Gasteiger partial charge in [-0.15, -0.1) is 0 Å². The van der Waals surface area contributed by atoms with E-state index in [0.717, 1.165) is 45.1 Å². The number of hydrogen-bond donors (Lipinski definition) is 3. The van der Waals surface area contributed by atoms with Gasteiger partial charge in [-0.25, -0.2) is 0 Å². The van der Waals surface area contributed by atoms with Gasteiger partial charge in [-0.3, -0.25) is 10.4 Å². The van der Waals surface area contributed by atoms with Gasteiger partial charge in [0.05, 0.1) is 6.54 Å². The van der Waals surface area contributed by atoms with Crippen molar-refractivity contribution in [1.82, 2.24) is 15.1 Å². The van der Waals surface area contributed by atoms with E-state index in [1.54, 1.807) is 0 Å². The zero-order valence-corrected chi connectivity index (χ0v) is 15.8. The van der Waals surface area contributed by atoms with E-state index in [2.05, 4.69) is 20.1 Å². The number of nitrogens with two attached hydrogens (primary N) is 1. The summed E-state index contributed by atoms with van der Waals surface area (Å²) in [7, 11) is 0. The Morgan fingerprint density at radius 1 is 1.21 bits per heavy atom. The summed E-state index contributed by atoms with van der Waals surface area (Å²) in [4.78, 5) is 8.76. The fourth-order valence-electron chi connectivity index (χ4n) is 4.16. The second-order valence-corrected chi connectivity index (χ2v) is 7.26. The lowest BCUT2D eigenvalue weighted by atomic mass is 9.88. The second kappa shape index (κ2) is 9.39. The zero-order valence-electron chi connectivity index (χ0n) is 14.8. The van der Waals surface area contributed by atoms with Crippen LogP contribution in [0.1, 0.15) is 51.4 Å². The van der Waals surface area contributed by atoms with Crippen LogP contribution in [0.2, 0.25) is 0 Å². The molecule has 0 amide bonds. The predicted molar refractivity (Wildman–Crippen MR) is 105 cm³/mol. The first kappa shape index (κ1) is 19.2. The van der Waals surface area contributed by atoms with E-state index in [1.165, 1.54) is 44.9 Å². The molecule has 1 saturated carbocycles. The summed E-state index contributed by atoms with van der Waals surface area (Å²) >= 11 is 0. The molecule has 0 radical (unpaired) electrons. The number of rotatable bonds is 7. The van der Waals surface area contributed by atoms with Crippen LogP contribution in [0.5, 0.6) is 0 Å². The van der Waals surface area contributed by atoms with Crippen molar-refractivity contribution in [2.24, 2.45) is 16.6 Å². The Morgan fingerprint density at radius 3 is 2.71 bits per heavy atom. The minimum atomic E-state index is 0. The maximum atomic E-state index is 8.17. The van der Waals surface area contributed by atoms with Crippen LogP contribution < -0.4 is 11.1 Å². The smallest absolute Gasteiger partial charge is 0.191 e. The quantitative estimate of drug-likeness (QED) is 0.608. The molecule has 24 heavy (non-hydrogen) atoms. The van der Waals surface area contributed by atoms with E-state index in [9.17, 15) is 0 Å². The molecule has 1 aliphatic carbocycles. The Bertz CT molecular complexity index is 435. The molecule has 7 heteroatoms. The highest BCUT2D eigenvalue weighted by molar-refractivity contribution is 7.59. The molecule has 0 spiro atoms. The summed E-state index contributed by atoms with van der Waals surface area (Å²) in [6.07, 6.45) is 10.4. The predicted octanol–water partition coefficient (Wildman–Crippen LogP) is 1.69. The van der Waals surface area contributed by atoms with Gasteiger partial charge in [-0.1, -0.05) is 19.3 Å². The van der Waals surface area contributed by atoms with Crippen molar-refractivity contribution >= 4 is 25.4 Å². The summed E-state index contributed by atoms with van der Waals surface area (Å²) in [5, 5.41) is 11.4. The molecule has 138 valence electrons. The average Bonchev–Trinajstić information content (AvgIpc) is 3.12. The minimum absolute atomic E-state index is 0. The van der Waals surface area contributed by atoms with Crippen LogP contribution in [0.4, 0.5) is 0 Å². The zero-order chi connectivity index (χ0) is 16.1. The van der Waals surface area contributed by atoms with Crippen molar-refractivity contribution in [1.29, 1.82) is 5.41 Å². The fraction of sp³-hybridized carbons (Fsp3) is 0.882. The molecule has 1 saturated heterocycles. The summed E-state index contributed by atoms with van der Waals surface area (Å²) in [5.41, 5.74) is 5.86. The Balaban J connectivity index is 0.00000208. The maximum absolute atomic E-state index is 8.17. The van der Waals surface area contributed by atoms with E-state index in [0.29, 0.717) is 18.0 Å². The van der Waals surface area contributed by atoms with Gasteiger partial charge in [-0.05, 0) is 38.0 Å². The molecule has 0 bridgehead atoms. The van der Waals surface area contributed by atoms with Gasteiger partial charge < -0.3 is 20.9 Å². The van der Waals surface area contributed by atoms with E-state index in [1.807, 2.05) is 0 Å². The lowest BCUT2D eigenvalue weighted by Gasteiger charge is -2.31. The number of hydrogen-bond acceptors (Lipinski definition) is 4. The van der Waals surface area contributed by atoms with E-state index >= 15 is 0 Å². The first-order valence-corrected chi connectivity index (χ1v) is 9.38. The number of nitrogens with one attached hydrogen (secondary N) is 2. The van der Waals surface area contributed by atoms with Gasteiger partial charge in [0.1, 0.15) is 0 Å². The summed E-state index contributed by atoms with van der Waals surface area (Å²) in [5.74, 6) is 2.16. The summed E-state index contributed by atoms with van der Waals surface area (Å²) < 4.78 is 0. The third-order valence-corrected chi connectivity index (χ3v) is 5.60. The largest absolute Gasteiger partial charge is 0.370 e. The molecule has 0 aromatic carbocycles. The van der Waals surface area contributed by atoms with Crippen LogP contribution >= 0.6 is 13.5 Å². The Hall–Kier alpha value is -1.11. The van der Waals surface area contributed by atoms with Crippen LogP contribution in [0.15, 0.2) is 4.99 Å². The molecule has 3 rings (SSSR count). The Morgan fingerprint density at radius 2 is 2.00 bits per heavy atom. The summed E-state index contributed by atoms with van der Waals surface area (Å²) in [6, 6.07) is 0.508. The van der Waals surface area contributed by atoms with Crippen molar-refractivity contribution in [3.05, 3.63) is 0 Å². The van der Waals surface area contributed by atoms with Gasteiger partial charge >= 0.3 is 0 Å². The highest BCUT2D eigenvalue weighted by Gasteiger charge is 2.30. The SMILES string of the molecule is N=C1NC[C@H](CCCCN2CCN=C2N)N1CC1CCCCC1.S. The van der Waals surface area contributed by atoms with Crippen molar-refractivity contribution in [2.75, 3.05) is 32.7 Å². The summed E-state index contributed by atoms with van der Waals surface area (Å²) in [6.45, 7) is 4.89. The third kappa shape index (κ3) is 4.94. The third-order valence-electron chi connectivity index (χ3n) is 5.60. The Kier molecular flexibility index (Phi) is 7.52. The molecule has 0 unspecified atom stereocenters. The van der Waals surface area contributed by atoms with E-state index < -0.39 is 0 Å². The van der Waals surface area contributed by atoms with E-state index in [-0.39, 0.29) is 13.5 Å². The van der Waals surface area contributed by atoms with Crippen LogP contribution in [-0.2, 0) is 0 Å². The lowest BCUT2D eigenvalue weighted by molar-refractivity contribution is 0.236. The molecule has 1 atom stereocenters. The van der Waals surface area contributed by atoms with Crippen LogP contribution in [0, 0.1) is 11.3 Å². The van der Waals surface area contributed by atoms with Crippen molar-refractivity contribution in [3.63, 3.8) is 0 Å². The molecule has 2 aliphatic heterocycles. The molecule has 4 N–H and O–H groups in total. The number of aliphatic imine (C=N–C) groups is 1. The molecule has 6 nitrogen and oxygen atoms in total. The fourth-order valence-corrected chi connectivity index (χ4v) is 4.16. The topological polar surface area (TPSA) is 80.7 Å². The van der Waals surface area contributed by atoms with Gasteiger partial charge in [0, 0.05) is 32.2 Å². The number of unbranched alkanes of at least 4 members (excludes halogenated alkanes) is 1. The minimum Gasteiger partial charge on any atom is -0.370 e. The average molecular weight is 355 g/mol. The van der Waals surface area contributed by atoms with Gasteiger partial charge in [0.25, 0.3) is 0 Å². The first-order chi connectivity index (χ1) is 11.2. The van der Waals surface area contributed by atoms with Crippen molar-refractivity contribution < 1.29 is 0 Å². The normalized spacial score (nSPS) is 24.8. The standard InChI is InChI=1S/C17H32N6.H2S/c18-16-20-9-11-22(16)10-5-4-8-15-12-21-17(19)23(15)13-14-6-2-1-3-7-14;/h14-15H,1-13H2,(H2,18,20)(H2,19,21);1H2/t15-;/m0./s1. The van der Waals surface area contributed by atoms with Gasteiger partial charge in [0.15, 0.2) is 11.9 Å². The van der Waals surface area contributed by atoms with Crippen LogP contribution in [0.25, 0.3) is 0 Å². The van der Waals surface area contributed by atoms with Crippen molar-refractivity contribution in [2.45, 2.75) is 57.4 Å².